The van der Waals surface area contributed by atoms with Crippen molar-refractivity contribution in [2.24, 2.45) is 5.41 Å². The number of rotatable bonds is 1. The van der Waals surface area contributed by atoms with Crippen LogP contribution in [-0.4, -0.2) is 11.3 Å². The molecule has 0 saturated carbocycles. The second-order valence-electron chi connectivity index (χ2n) is 2.46. The Bertz CT molecular complexity index is 151. The van der Waals surface area contributed by atoms with Crippen molar-refractivity contribution in [3.63, 3.8) is 0 Å². The smallest absolute Gasteiger partial charge is 0.0904 e. The van der Waals surface area contributed by atoms with E-state index in [1.165, 1.54) is 6.21 Å². The Labute approximate surface area is 48.3 Å². The lowest BCUT2D eigenvalue weighted by molar-refractivity contribution is 0.305. The molecule has 1 aliphatic rings. The van der Waals surface area contributed by atoms with Gasteiger partial charge in [-0.2, -0.15) is 0 Å². The summed E-state index contributed by atoms with van der Waals surface area (Å²) in [6, 6.07) is 0. The normalized spacial score (nSPS) is 35.4. The van der Waals surface area contributed by atoms with Crippen molar-refractivity contribution in [2.45, 2.75) is 13.3 Å². The van der Waals surface area contributed by atoms with E-state index < -0.39 is 0 Å². The molecule has 0 aromatic heterocycles. The van der Waals surface area contributed by atoms with Crippen LogP contribution in [0.1, 0.15) is 13.3 Å². The molecule has 0 aromatic rings. The van der Waals surface area contributed by atoms with Gasteiger partial charge in [0.25, 0.3) is 0 Å². The van der Waals surface area contributed by atoms with Crippen LogP contribution in [0.15, 0.2) is 11.8 Å². The first-order chi connectivity index (χ1) is 3.66. The maximum Gasteiger partial charge on any atom is 0.0904 e. The van der Waals surface area contributed by atoms with Gasteiger partial charge >= 0.3 is 0 Å². The summed E-state index contributed by atoms with van der Waals surface area (Å²) in [6.07, 6.45) is 3.68. The number of allylic oxidation sites excluding steroid dienone is 2. The maximum atomic E-state index is 8.67. The molecule has 0 bridgehead atoms. The molecule has 2 heteroatoms. The van der Waals surface area contributed by atoms with E-state index in [0.717, 1.165) is 0 Å². The summed E-state index contributed by atoms with van der Waals surface area (Å²) < 4.78 is 0. The molecule has 44 valence electrons. The number of aliphatic hydroxyl groups excluding tert-OH is 1. The summed E-state index contributed by atoms with van der Waals surface area (Å²) in [4.78, 5) is 0. The summed E-state index contributed by atoms with van der Waals surface area (Å²) in [5.74, 6) is 0.413. The third kappa shape index (κ3) is 0.619. The lowest BCUT2D eigenvalue weighted by Gasteiger charge is -2.28. The van der Waals surface area contributed by atoms with Crippen molar-refractivity contribution in [3.05, 3.63) is 11.8 Å². The monoisotopic (exact) mass is 111 g/mol. The number of aliphatic hydroxyl groups is 1. The fraction of sp³-hybridized carbons (Fsp3) is 0.500. The Hall–Kier alpha value is -0.790. The lowest BCUT2D eigenvalue weighted by atomic mass is 9.78. The molecule has 0 heterocycles. The summed E-state index contributed by atoms with van der Waals surface area (Å²) in [5.41, 5.74) is -0.135. The summed E-state index contributed by atoms with van der Waals surface area (Å²) in [6.45, 7) is 1.92. The Morgan fingerprint density at radius 1 is 2.00 bits per heavy atom. The van der Waals surface area contributed by atoms with Crippen LogP contribution in [0.2, 0.25) is 0 Å². The van der Waals surface area contributed by atoms with E-state index in [4.69, 9.17) is 10.5 Å². The summed E-state index contributed by atoms with van der Waals surface area (Å²) >= 11 is 0. The van der Waals surface area contributed by atoms with E-state index in [9.17, 15) is 0 Å². The minimum atomic E-state index is -0.135. The second-order valence-corrected chi connectivity index (χ2v) is 2.46. The highest BCUT2D eigenvalue weighted by molar-refractivity contribution is 5.68. The van der Waals surface area contributed by atoms with Gasteiger partial charge in [-0.1, -0.05) is 6.92 Å². The maximum absolute atomic E-state index is 8.67. The highest BCUT2D eigenvalue weighted by Gasteiger charge is 2.29. The molecule has 0 radical (unpaired) electrons. The van der Waals surface area contributed by atoms with E-state index in [1.54, 1.807) is 6.08 Å². The van der Waals surface area contributed by atoms with Gasteiger partial charge in [-0.3, -0.25) is 0 Å². The van der Waals surface area contributed by atoms with Crippen LogP contribution < -0.4 is 0 Å². The van der Waals surface area contributed by atoms with Gasteiger partial charge in [0.15, 0.2) is 0 Å². The highest BCUT2D eigenvalue weighted by Crippen LogP contribution is 2.34. The van der Waals surface area contributed by atoms with E-state index >= 15 is 0 Å². The third-order valence-electron chi connectivity index (χ3n) is 1.39. The molecule has 0 amide bonds. The standard InChI is InChI=1S/C6H9NO/c1-6(4-7)2-5(8)3-6/h2,4,7-8H,3H2,1H3. The molecule has 0 fully saturated rings. The van der Waals surface area contributed by atoms with Crippen LogP contribution in [0.3, 0.4) is 0 Å². The first kappa shape index (κ1) is 5.35. The van der Waals surface area contributed by atoms with E-state index in [1.807, 2.05) is 6.92 Å². The summed E-state index contributed by atoms with van der Waals surface area (Å²) in [7, 11) is 0. The van der Waals surface area contributed by atoms with Crippen LogP contribution in [0.25, 0.3) is 0 Å². The van der Waals surface area contributed by atoms with Crippen molar-refractivity contribution in [2.75, 3.05) is 0 Å². The molecule has 8 heavy (non-hydrogen) atoms. The van der Waals surface area contributed by atoms with Crippen molar-refractivity contribution in [3.8, 4) is 0 Å². The topological polar surface area (TPSA) is 44.1 Å². The van der Waals surface area contributed by atoms with Crippen LogP contribution in [0.5, 0.6) is 0 Å². The third-order valence-corrected chi connectivity index (χ3v) is 1.39. The molecule has 0 saturated heterocycles. The van der Waals surface area contributed by atoms with Gasteiger partial charge < -0.3 is 10.5 Å². The van der Waals surface area contributed by atoms with Crippen molar-refractivity contribution in [1.29, 1.82) is 5.41 Å². The largest absolute Gasteiger partial charge is 0.513 e. The first-order valence-corrected chi connectivity index (χ1v) is 2.59. The van der Waals surface area contributed by atoms with E-state index in [0.29, 0.717) is 12.2 Å². The Balaban J connectivity index is 2.67. The van der Waals surface area contributed by atoms with Gasteiger partial charge in [0.05, 0.1) is 5.76 Å². The van der Waals surface area contributed by atoms with Crippen LogP contribution in [-0.2, 0) is 0 Å². The zero-order valence-corrected chi connectivity index (χ0v) is 4.81. The predicted octanol–water partition coefficient (Wildman–Crippen LogP) is 1.49. The molecular formula is C6H9NO. The molecule has 2 N–H and O–H groups in total. The van der Waals surface area contributed by atoms with Crippen LogP contribution >= 0.6 is 0 Å². The zero-order valence-electron chi connectivity index (χ0n) is 4.81. The second kappa shape index (κ2) is 1.34. The number of hydrogen-bond donors (Lipinski definition) is 2. The Kier molecular flexibility index (Phi) is 0.897. The SMILES string of the molecule is CC1(C=N)C=C(O)C1. The minimum absolute atomic E-state index is 0.135. The highest BCUT2D eigenvalue weighted by atomic mass is 16.3. The molecule has 0 spiro atoms. The Morgan fingerprint density at radius 2 is 2.50 bits per heavy atom. The van der Waals surface area contributed by atoms with Crippen LogP contribution in [0, 0.1) is 10.8 Å². The molecule has 0 aliphatic heterocycles. The fourth-order valence-electron chi connectivity index (χ4n) is 0.835. The predicted molar refractivity (Wildman–Crippen MR) is 32.2 cm³/mol. The van der Waals surface area contributed by atoms with Gasteiger partial charge in [0.1, 0.15) is 0 Å². The quantitative estimate of drug-likeness (QED) is 0.494. The van der Waals surface area contributed by atoms with Gasteiger partial charge in [-0.25, -0.2) is 0 Å². The number of nitrogens with one attached hydrogen (secondary N) is 1. The van der Waals surface area contributed by atoms with Crippen molar-refractivity contribution in [1.82, 2.24) is 0 Å². The average molecular weight is 111 g/mol. The summed E-state index contributed by atoms with van der Waals surface area (Å²) in [5, 5.41) is 15.5. The molecule has 1 atom stereocenters. The average Bonchev–Trinajstić information content (AvgIpc) is 1.63. The van der Waals surface area contributed by atoms with Gasteiger partial charge in [-0.05, 0) is 6.08 Å². The molecule has 1 aliphatic carbocycles. The van der Waals surface area contributed by atoms with Gasteiger partial charge in [-0.15, -0.1) is 0 Å². The van der Waals surface area contributed by atoms with Gasteiger partial charge in [0, 0.05) is 18.1 Å². The first-order valence-electron chi connectivity index (χ1n) is 2.59. The minimum Gasteiger partial charge on any atom is -0.513 e. The number of hydrogen-bond acceptors (Lipinski definition) is 2. The Morgan fingerprint density at radius 3 is 2.62 bits per heavy atom. The van der Waals surface area contributed by atoms with Crippen LogP contribution in [0.4, 0.5) is 0 Å². The van der Waals surface area contributed by atoms with Gasteiger partial charge in [0.2, 0.25) is 0 Å². The fourth-order valence-corrected chi connectivity index (χ4v) is 0.835. The van der Waals surface area contributed by atoms with E-state index in [2.05, 4.69) is 0 Å². The van der Waals surface area contributed by atoms with E-state index in [-0.39, 0.29) is 5.41 Å². The molecule has 1 rings (SSSR count). The molecule has 1 unspecified atom stereocenters. The zero-order chi connectivity index (χ0) is 6.20. The molecular weight excluding hydrogens is 102 g/mol. The lowest BCUT2D eigenvalue weighted by Crippen LogP contribution is -2.24. The molecule has 0 aromatic carbocycles. The molecule has 2 nitrogen and oxygen atoms in total. The van der Waals surface area contributed by atoms with Crippen molar-refractivity contribution >= 4 is 6.21 Å². The van der Waals surface area contributed by atoms with Crippen molar-refractivity contribution < 1.29 is 5.11 Å².